The van der Waals surface area contributed by atoms with E-state index in [1.165, 1.54) is 29.6 Å². The van der Waals surface area contributed by atoms with Gasteiger partial charge in [-0.15, -0.1) is 23.5 Å². The lowest BCUT2D eigenvalue weighted by Gasteiger charge is -2.25. The zero-order chi connectivity index (χ0) is 47.8. The predicted octanol–water partition coefficient (Wildman–Crippen LogP) is 5.05. The van der Waals surface area contributed by atoms with Gasteiger partial charge in [0.05, 0.1) is 50.5 Å². The third-order valence-electron chi connectivity index (χ3n) is 9.80. The van der Waals surface area contributed by atoms with E-state index in [-0.39, 0.29) is 33.8 Å². The first-order chi connectivity index (χ1) is 30.0. The molecule has 4 amide bonds. The highest BCUT2D eigenvalue weighted by molar-refractivity contribution is 7.99. The van der Waals surface area contributed by atoms with Crippen molar-refractivity contribution in [2.24, 2.45) is 28.7 Å². The van der Waals surface area contributed by atoms with Crippen molar-refractivity contribution in [2.45, 2.75) is 107 Å². The van der Waals surface area contributed by atoms with Gasteiger partial charge in [0.15, 0.2) is 5.96 Å². The molecule has 17 nitrogen and oxygen atoms in total. The average Bonchev–Trinajstić information content (AvgIpc) is 3.22. The van der Waals surface area contributed by atoms with Crippen molar-refractivity contribution in [2.75, 3.05) is 59.0 Å². The van der Waals surface area contributed by atoms with Gasteiger partial charge in [0.1, 0.15) is 0 Å². The first kappa shape index (κ1) is 53.2. The number of thioether (sulfide) groups is 2. The summed E-state index contributed by atoms with van der Waals surface area (Å²) in [7, 11) is 0. The van der Waals surface area contributed by atoms with E-state index in [1.54, 1.807) is 25.1 Å². The number of guanidine groups is 1. The number of benzene rings is 3. The molecule has 0 aromatic heterocycles. The van der Waals surface area contributed by atoms with Crippen LogP contribution in [0.3, 0.4) is 0 Å². The Morgan fingerprint density at radius 3 is 1.34 bits per heavy atom. The summed E-state index contributed by atoms with van der Waals surface area (Å²) in [5, 5.41) is 32.6. The first-order valence-electron chi connectivity index (χ1n) is 21.3. The van der Waals surface area contributed by atoms with Gasteiger partial charge in [0.25, 0.3) is 11.8 Å². The number of anilines is 4. The molecule has 0 fully saturated rings. The van der Waals surface area contributed by atoms with Crippen molar-refractivity contribution in [3.63, 3.8) is 0 Å². The van der Waals surface area contributed by atoms with Crippen LogP contribution in [0.1, 0.15) is 106 Å². The van der Waals surface area contributed by atoms with Gasteiger partial charge in [-0.25, -0.2) is 0 Å². The number of carbonyl (C=O) groups excluding carboxylic acids is 4. The third kappa shape index (κ3) is 16.7. The molecule has 0 saturated heterocycles. The van der Waals surface area contributed by atoms with E-state index in [0.717, 1.165) is 11.1 Å². The summed E-state index contributed by atoms with van der Waals surface area (Å²) < 4.78 is 0. The number of amides is 4. The van der Waals surface area contributed by atoms with Crippen molar-refractivity contribution in [3.8, 4) is 0 Å². The summed E-state index contributed by atoms with van der Waals surface area (Å²) in [6.45, 7) is 15.4. The maximum atomic E-state index is 14.1. The van der Waals surface area contributed by atoms with Gasteiger partial charge in [0.2, 0.25) is 11.8 Å². The summed E-state index contributed by atoms with van der Waals surface area (Å²) in [5.74, 6) is -0.590. The minimum absolute atomic E-state index is 0.160. The molecule has 0 aliphatic carbocycles. The molecule has 0 heterocycles. The topological polar surface area (TPSA) is 318 Å². The van der Waals surface area contributed by atoms with E-state index >= 15 is 0 Å². The van der Waals surface area contributed by atoms with Crippen LogP contribution in [0.15, 0.2) is 58.3 Å². The Labute approximate surface area is 386 Å². The number of carbonyl (C=O) groups is 4. The van der Waals surface area contributed by atoms with Crippen LogP contribution in [-0.4, -0.2) is 85.2 Å². The van der Waals surface area contributed by atoms with Crippen molar-refractivity contribution >= 4 is 81.7 Å². The summed E-state index contributed by atoms with van der Waals surface area (Å²) in [5.41, 5.74) is 33.0. The standard InChI is InChI=1S/C45H69N13O4S2/c1-26(48)53-17-9-13-31(49)41(61)57-35-24-29(44(2,3)4)22-33(37(35)63-19-15-46)55-39(59)27-11-8-12-28(21-27)40(60)56-34-23-30(45(5,6)7)25-36(38(34)64-20-16-47)58-42(62)32(50)14-10-18-54-43(51)52/h8,11-12,21-25,31-32H,9-10,13-20,46-47,49-50H2,1-7H3,(H2,48,53)(H,55,59)(H,56,60)(H,57,61)(H,58,62)(H4,51,52,54)/t31-,32-/m1/s1. The van der Waals surface area contributed by atoms with Crippen molar-refractivity contribution in [3.05, 3.63) is 70.8 Å². The Bertz CT molecular complexity index is 1990. The lowest BCUT2D eigenvalue weighted by molar-refractivity contribution is -0.118. The average molecular weight is 920 g/mol. The fourth-order valence-electron chi connectivity index (χ4n) is 6.17. The lowest BCUT2D eigenvalue weighted by atomic mass is 9.86. The molecule has 0 bridgehead atoms. The number of amidine groups is 1. The Morgan fingerprint density at radius 2 is 1.00 bits per heavy atom. The van der Waals surface area contributed by atoms with Gasteiger partial charge >= 0.3 is 0 Å². The Morgan fingerprint density at radius 1 is 0.625 bits per heavy atom. The van der Waals surface area contributed by atoms with Gasteiger partial charge in [-0.3, -0.25) is 30.0 Å². The number of hydrogen-bond acceptors (Lipinski definition) is 12. The fourth-order valence-corrected chi connectivity index (χ4v) is 7.88. The molecular formula is C45H69N13O4S2. The maximum absolute atomic E-state index is 14.1. The fraction of sp³-hybridized carbons (Fsp3) is 0.467. The predicted molar refractivity (Wildman–Crippen MR) is 265 cm³/mol. The molecule has 2 atom stereocenters. The van der Waals surface area contributed by atoms with E-state index in [9.17, 15) is 19.2 Å². The highest BCUT2D eigenvalue weighted by atomic mass is 32.2. The molecule has 3 aromatic rings. The smallest absolute Gasteiger partial charge is 0.255 e. The molecule has 3 aromatic carbocycles. The minimum Gasteiger partial charge on any atom is -0.374 e. The van der Waals surface area contributed by atoms with Gasteiger partial charge in [-0.2, -0.15) is 0 Å². The highest BCUT2D eigenvalue weighted by Crippen LogP contribution is 2.41. The zero-order valence-electron chi connectivity index (χ0n) is 38.2. The Hall–Kier alpha value is -5.18. The third-order valence-corrected chi connectivity index (χ3v) is 12.1. The number of rotatable bonds is 22. The molecule has 18 N–H and O–H groups in total. The molecule has 0 aliphatic rings. The Kier molecular flexibility index (Phi) is 20.6. The number of nitrogens with one attached hydrogen (secondary N) is 8. The van der Waals surface area contributed by atoms with Crippen LogP contribution in [-0.2, 0) is 20.4 Å². The van der Waals surface area contributed by atoms with Gasteiger partial charge in [-0.05, 0) is 97.0 Å². The Balaban J connectivity index is 1.98. The second-order valence-electron chi connectivity index (χ2n) is 17.4. The van der Waals surface area contributed by atoms with Crippen molar-refractivity contribution < 1.29 is 19.2 Å². The van der Waals surface area contributed by atoms with Crippen LogP contribution in [0.25, 0.3) is 0 Å². The van der Waals surface area contributed by atoms with Crippen LogP contribution in [0.5, 0.6) is 0 Å². The zero-order valence-corrected chi connectivity index (χ0v) is 39.8. The normalized spacial score (nSPS) is 12.4. The van der Waals surface area contributed by atoms with Crippen LogP contribution < -0.4 is 60.6 Å². The van der Waals surface area contributed by atoms with Crippen LogP contribution in [0.4, 0.5) is 22.7 Å². The molecule has 0 radical (unpaired) electrons. The largest absolute Gasteiger partial charge is 0.374 e. The second-order valence-corrected chi connectivity index (χ2v) is 19.6. The van der Waals surface area contributed by atoms with Crippen molar-refractivity contribution in [1.82, 2.24) is 10.6 Å². The molecular weight excluding hydrogens is 851 g/mol. The molecule has 19 heteroatoms. The number of hydrogen-bond donors (Lipinski definition) is 13. The van der Waals surface area contributed by atoms with E-state index in [2.05, 4.69) is 31.9 Å². The quantitative estimate of drug-likeness (QED) is 0.0272. The van der Waals surface area contributed by atoms with Gasteiger partial charge in [-0.1, -0.05) is 47.6 Å². The summed E-state index contributed by atoms with van der Waals surface area (Å²) in [6.07, 6.45) is 1.85. The minimum atomic E-state index is -0.845. The van der Waals surface area contributed by atoms with E-state index in [4.69, 9.17) is 39.5 Å². The first-order valence-corrected chi connectivity index (χ1v) is 23.3. The van der Waals surface area contributed by atoms with E-state index < -0.39 is 29.8 Å². The van der Waals surface area contributed by atoms with E-state index in [0.29, 0.717) is 102 Å². The van der Waals surface area contributed by atoms with Crippen molar-refractivity contribution in [1.29, 1.82) is 10.8 Å². The molecule has 0 aliphatic heterocycles. The van der Waals surface area contributed by atoms with Crippen LogP contribution in [0.2, 0.25) is 0 Å². The molecule has 64 heavy (non-hydrogen) atoms. The molecule has 0 unspecified atom stereocenters. The summed E-state index contributed by atoms with van der Waals surface area (Å²) in [6, 6.07) is 12.2. The monoisotopic (exact) mass is 920 g/mol. The summed E-state index contributed by atoms with van der Waals surface area (Å²) in [4.78, 5) is 56.2. The van der Waals surface area contributed by atoms with Crippen LogP contribution in [0, 0.1) is 10.8 Å². The lowest BCUT2D eigenvalue weighted by Crippen LogP contribution is -2.37. The van der Waals surface area contributed by atoms with Crippen LogP contribution >= 0.6 is 23.5 Å². The second kappa shape index (κ2) is 24.8. The van der Waals surface area contributed by atoms with Gasteiger partial charge < -0.3 is 60.6 Å². The molecule has 0 saturated carbocycles. The summed E-state index contributed by atoms with van der Waals surface area (Å²) >= 11 is 2.77. The number of nitrogens with two attached hydrogens (primary N) is 5. The maximum Gasteiger partial charge on any atom is 0.255 e. The molecule has 3 rings (SSSR count). The SMILES string of the molecule is CC(=N)NCCC[C@@H](N)C(=O)Nc1cc(C(C)(C)C)cc(NC(=O)c2cccc(C(=O)Nc3cc(C(C)(C)C)cc(NC(=O)[C@H](N)CCCNC(=N)N)c3SCCN)c2)c1SCCN. The molecule has 350 valence electrons. The highest BCUT2D eigenvalue weighted by Gasteiger charge is 2.26. The van der Waals surface area contributed by atoms with E-state index in [1.807, 2.05) is 65.8 Å². The molecule has 0 spiro atoms. The van der Waals surface area contributed by atoms with Gasteiger partial charge in [0, 0.05) is 48.8 Å².